The van der Waals surface area contributed by atoms with E-state index in [4.69, 9.17) is 16.3 Å². The number of aromatic nitrogens is 2. The molecule has 0 amide bonds. The van der Waals surface area contributed by atoms with E-state index in [-0.39, 0.29) is 10.7 Å². The molecule has 0 unspecified atom stereocenters. The highest BCUT2D eigenvalue weighted by Gasteiger charge is 2.28. The van der Waals surface area contributed by atoms with Gasteiger partial charge in [0.1, 0.15) is 22.6 Å². The van der Waals surface area contributed by atoms with E-state index in [1.165, 1.54) is 0 Å². The molecule has 0 aromatic carbocycles. The van der Waals surface area contributed by atoms with Gasteiger partial charge in [0, 0.05) is 6.26 Å². The molecule has 1 rings (SSSR count). The normalized spacial score (nSPS) is 12.3. The minimum atomic E-state index is -3.69. The van der Waals surface area contributed by atoms with Crippen LogP contribution < -0.4 is 0 Å². The van der Waals surface area contributed by atoms with Crippen molar-refractivity contribution in [2.24, 2.45) is 0 Å². The van der Waals surface area contributed by atoms with E-state index in [2.05, 4.69) is 9.97 Å². The van der Waals surface area contributed by atoms with E-state index in [1.807, 2.05) is 0 Å². The molecule has 0 bridgehead atoms. The number of ether oxygens (including phenoxy) is 1. The van der Waals surface area contributed by atoms with Gasteiger partial charge in [-0.3, -0.25) is 0 Å². The zero-order chi connectivity index (χ0) is 14.1. The summed E-state index contributed by atoms with van der Waals surface area (Å²) in [6, 6.07) is 0. The summed E-state index contributed by atoms with van der Waals surface area (Å²) in [5, 5.41) is -0.684. The number of carbonyl (C=O) groups is 1. The number of nitrogens with zero attached hydrogens (tertiary/aromatic N) is 2. The summed E-state index contributed by atoms with van der Waals surface area (Å²) >= 11 is 5.74. The van der Waals surface area contributed by atoms with Gasteiger partial charge in [-0.05, 0) is 20.8 Å². The summed E-state index contributed by atoms with van der Waals surface area (Å²) in [7, 11) is -3.69. The molecule has 0 atom stereocenters. The smallest absolute Gasteiger partial charge is 0.344 e. The van der Waals surface area contributed by atoms with Crippen LogP contribution in [0.5, 0.6) is 0 Å². The Kier molecular flexibility index (Phi) is 3.97. The van der Waals surface area contributed by atoms with Crippen molar-refractivity contribution in [3.8, 4) is 0 Å². The molecule has 1 aromatic rings. The average Bonchev–Trinajstić information content (AvgIpc) is 2.12. The first kappa shape index (κ1) is 14.8. The molecule has 0 N–H and O–H groups in total. The molecule has 1 heterocycles. The molecule has 0 aliphatic rings. The summed E-state index contributed by atoms with van der Waals surface area (Å²) in [6.45, 7) is 4.97. The Balaban J connectivity index is 3.36. The fourth-order valence-electron chi connectivity index (χ4n) is 1.13. The van der Waals surface area contributed by atoms with Crippen molar-refractivity contribution in [1.82, 2.24) is 9.97 Å². The van der Waals surface area contributed by atoms with Gasteiger partial charge in [0.25, 0.3) is 0 Å². The topological polar surface area (TPSA) is 86.2 Å². The number of hydrogen-bond donors (Lipinski definition) is 0. The summed E-state index contributed by atoms with van der Waals surface area (Å²) in [5.41, 5.74) is -1.11. The molecular weight excluding hydrogens is 280 g/mol. The fraction of sp³-hybridized carbons (Fsp3) is 0.500. The number of carbonyl (C=O) groups excluding carboxylic acids is 1. The standard InChI is InChI=1S/C10H13ClN2O4S/c1-10(2,3)17-9(14)6-7(11)12-5-13-8(6)18(4,15)16/h5H,1-4H3. The van der Waals surface area contributed by atoms with E-state index in [0.717, 1.165) is 12.6 Å². The van der Waals surface area contributed by atoms with Gasteiger partial charge in [0.2, 0.25) is 0 Å². The lowest BCUT2D eigenvalue weighted by molar-refractivity contribution is 0.00639. The average molecular weight is 293 g/mol. The number of hydrogen-bond acceptors (Lipinski definition) is 6. The third-order valence-electron chi connectivity index (χ3n) is 1.72. The van der Waals surface area contributed by atoms with Crippen LogP contribution in [0.3, 0.4) is 0 Å². The molecule has 8 heteroatoms. The van der Waals surface area contributed by atoms with Crippen LogP contribution in [0.1, 0.15) is 31.1 Å². The van der Waals surface area contributed by atoms with Crippen LogP contribution in [-0.2, 0) is 14.6 Å². The lowest BCUT2D eigenvalue weighted by atomic mass is 10.2. The minimum absolute atomic E-state index is 0.250. The molecular formula is C10H13ClN2O4S. The SMILES string of the molecule is CC(C)(C)OC(=O)c1c(Cl)ncnc1S(C)(=O)=O. The zero-order valence-corrected chi connectivity index (χ0v) is 12.0. The Morgan fingerprint density at radius 1 is 1.33 bits per heavy atom. The van der Waals surface area contributed by atoms with Crippen LogP contribution in [0.4, 0.5) is 0 Å². The molecule has 1 aromatic heterocycles. The van der Waals surface area contributed by atoms with Crippen molar-refractivity contribution in [3.05, 3.63) is 17.0 Å². The first-order valence-corrected chi connectivity index (χ1v) is 7.23. The van der Waals surface area contributed by atoms with Crippen molar-refractivity contribution < 1.29 is 17.9 Å². The molecule has 0 spiro atoms. The lowest BCUT2D eigenvalue weighted by Gasteiger charge is -2.20. The van der Waals surface area contributed by atoms with Crippen molar-refractivity contribution in [2.75, 3.05) is 6.26 Å². The quantitative estimate of drug-likeness (QED) is 0.606. The third kappa shape index (κ3) is 3.64. The second-order valence-electron chi connectivity index (χ2n) is 4.62. The molecule has 6 nitrogen and oxygen atoms in total. The first-order chi connectivity index (χ1) is 8.02. The van der Waals surface area contributed by atoms with Gasteiger partial charge in [-0.2, -0.15) is 0 Å². The van der Waals surface area contributed by atoms with E-state index >= 15 is 0 Å². The maximum absolute atomic E-state index is 11.9. The number of rotatable bonds is 2. The van der Waals surface area contributed by atoms with Crippen molar-refractivity contribution in [1.29, 1.82) is 0 Å². The highest BCUT2D eigenvalue weighted by molar-refractivity contribution is 7.90. The predicted molar refractivity (Wildman–Crippen MR) is 65.3 cm³/mol. The van der Waals surface area contributed by atoms with E-state index in [9.17, 15) is 13.2 Å². The monoisotopic (exact) mass is 292 g/mol. The summed E-state index contributed by atoms with van der Waals surface area (Å²) in [5.74, 6) is -0.867. The van der Waals surface area contributed by atoms with Gasteiger partial charge in [-0.1, -0.05) is 11.6 Å². The highest BCUT2D eigenvalue weighted by atomic mass is 35.5. The second kappa shape index (κ2) is 4.81. The van der Waals surface area contributed by atoms with Crippen molar-refractivity contribution in [3.63, 3.8) is 0 Å². The van der Waals surface area contributed by atoms with Gasteiger partial charge in [-0.25, -0.2) is 23.2 Å². The first-order valence-electron chi connectivity index (χ1n) is 4.96. The Morgan fingerprint density at radius 3 is 2.33 bits per heavy atom. The van der Waals surface area contributed by atoms with Crippen LogP contribution in [0.2, 0.25) is 5.15 Å². The van der Waals surface area contributed by atoms with Crippen molar-refractivity contribution >= 4 is 27.4 Å². The Morgan fingerprint density at radius 2 is 1.89 bits per heavy atom. The van der Waals surface area contributed by atoms with Crippen LogP contribution >= 0.6 is 11.6 Å². The molecule has 0 aliphatic carbocycles. The second-order valence-corrected chi connectivity index (χ2v) is 6.91. The lowest BCUT2D eigenvalue weighted by Crippen LogP contribution is -2.25. The Bertz CT molecular complexity index is 578. The van der Waals surface area contributed by atoms with Gasteiger partial charge in [-0.15, -0.1) is 0 Å². The van der Waals surface area contributed by atoms with Crippen LogP contribution in [0, 0.1) is 0 Å². The largest absolute Gasteiger partial charge is 0.456 e. The van der Waals surface area contributed by atoms with Crippen LogP contribution in [0.15, 0.2) is 11.4 Å². The number of esters is 1. The van der Waals surface area contributed by atoms with Crippen LogP contribution in [-0.4, -0.2) is 36.2 Å². The summed E-state index contributed by atoms with van der Waals surface area (Å²) in [4.78, 5) is 19.1. The fourth-order valence-corrected chi connectivity index (χ4v) is 2.19. The number of halogens is 1. The van der Waals surface area contributed by atoms with E-state index in [1.54, 1.807) is 20.8 Å². The predicted octanol–water partition coefficient (Wildman–Crippen LogP) is 1.49. The maximum Gasteiger partial charge on any atom is 0.344 e. The van der Waals surface area contributed by atoms with Crippen LogP contribution in [0.25, 0.3) is 0 Å². The van der Waals surface area contributed by atoms with Gasteiger partial charge in [0.05, 0.1) is 0 Å². The Labute approximate surface area is 110 Å². The zero-order valence-electron chi connectivity index (χ0n) is 10.4. The maximum atomic E-state index is 11.9. The van der Waals surface area contributed by atoms with E-state index in [0.29, 0.717) is 0 Å². The molecule has 100 valence electrons. The molecule has 0 fully saturated rings. The summed E-state index contributed by atoms with van der Waals surface area (Å²) < 4.78 is 28.1. The minimum Gasteiger partial charge on any atom is -0.456 e. The van der Waals surface area contributed by atoms with Gasteiger partial charge < -0.3 is 4.74 Å². The van der Waals surface area contributed by atoms with Gasteiger partial charge >= 0.3 is 5.97 Å². The molecule has 18 heavy (non-hydrogen) atoms. The number of sulfone groups is 1. The molecule has 0 saturated heterocycles. The molecule has 0 saturated carbocycles. The highest BCUT2D eigenvalue weighted by Crippen LogP contribution is 2.22. The third-order valence-corrected chi connectivity index (χ3v) is 3.02. The Hall–Kier alpha value is -1.21. The van der Waals surface area contributed by atoms with E-state index < -0.39 is 26.4 Å². The summed E-state index contributed by atoms with van der Waals surface area (Å²) in [6.07, 6.45) is 1.91. The van der Waals surface area contributed by atoms with Crippen molar-refractivity contribution in [2.45, 2.75) is 31.4 Å². The van der Waals surface area contributed by atoms with Gasteiger partial charge in [0.15, 0.2) is 14.9 Å². The molecule has 0 radical (unpaired) electrons. The molecule has 0 aliphatic heterocycles.